The zero-order valence-electron chi connectivity index (χ0n) is 18.2. The molecule has 34 heavy (non-hydrogen) atoms. The number of hydrogen-bond donors (Lipinski definition) is 1. The molecular weight excluding hydrogens is 474 g/mol. The fourth-order valence-electron chi connectivity index (χ4n) is 3.74. The molecule has 1 N–H and O–H groups in total. The molecule has 2 amide bonds. The van der Waals surface area contributed by atoms with Gasteiger partial charge in [0.25, 0.3) is 11.8 Å². The molecule has 1 aromatic rings. The zero-order valence-corrected chi connectivity index (χ0v) is 19.0. The van der Waals surface area contributed by atoms with E-state index in [9.17, 15) is 27.2 Å². The van der Waals surface area contributed by atoms with Gasteiger partial charge >= 0.3 is 6.18 Å². The maximum absolute atomic E-state index is 14.6. The Morgan fingerprint density at radius 2 is 2.03 bits per heavy atom. The molecule has 0 radical (unpaired) electrons. The van der Waals surface area contributed by atoms with Crippen LogP contribution in [0.15, 0.2) is 46.7 Å². The van der Waals surface area contributed by atoms with E-state index in [4.69, 9.17) is 17.5 Å². The number of alkyl halides is 3. The van der Waals surface area contributed by atoms with E-state index in [1.54, 1.807) is 0 Å². The first-order chi connectivity index (χ1) is 15.9. The van der Waals surface area contributed by atoms with Crippen LogP contribution in [0.25, 0.3) is 0 Å². The first-order valence-electron chi connectivity index (χ1n) is 10.0. The summed E-state index contributed by atoms with van der Waals surface area (Å²) in [6.45, 7) is 4.40. The second-order valence-electron chi connectivity index (χ2n) is 7.72. The summed E-state index contributed by atoms with van der Waals surface area (Å²) < 4.78 is 53.4. The summed E-state index contributed by atoms with van der Waals surface area (Å²) in [5.41, 5.74) is -3.28. The molecule has 12 heteroatoms. The molecule has 7 nitrogen and oxygen atoms in total. The van der Waals surface area contributed by atoms with Crippen molar-refractivity contribution in [3.05, 3.63) is 53.1 Å². The fraction of sp³-hybridized carbons (Fsp3) is 0.318. The lowest BCUT2D eigenvalue weighted by atomic mass is 9.75. The third-order valence-corrected chi connectivity index (χ3v) is 6.16. The van der Waals surface area contributed by atoms with E-state index in [0.29, 0.717) is 26.2 Å². The second-order valence-corrected chi connectivity index (χ2v) is 8.08. The number of anilines is 1. The molecule has 178 valence electrons. The van der Waals surface area contributed by atoms with Crippen molar-refractivity contribution in [3.8, 4) is 6.07 Å². The molecular formula is C22H19F4N5O2S. The van der Waals surface area contributed by atoms with Crippen molar-refractivity contribution in [2.75, 3.05) is 11.9 Å². The normalized spacial score (nSPS) is 18.1. The number of nitriles is 1. The molecule has 0 bridgehead atoms. The standard InChI is InChI=1S/C22H19F4N5O2S/c1-12(11-29-17(10-27)13(2)22(24,25)26)30-19(33)21(7-4-8-21)31(20(30)34)14-5-6-15(16(23)9-14)18(32)28-3/h5-6,9,11H,1,4,7-8H2,2-3H3,(H,28,32)/b17-13+,29-11-. The van der Waals surface area contributed by atoms with Gasteiger partial charge in [-0.25, -0.2) is 9.38 Å². The molecule has 0 aromatic heterocycles. The van der Waals surface area contributed by atoms with Gasteiger partial charge in [-0.1, -0.05) is 6.58 Å². The molecule has 0 atom stereocenters. The largest absolute Gasteiger partial charge is 0.415 e. The van der Waals surface area contributed by atoms with Gasteiger partial charge in [-0.3, -0.25) is 14.5 Å². The number of nitrogens with zero attached hydrogens (tertiary/aromatic N) is 4. The van der Waals surface area contributed by atoms with Crippen LogP contribution in [-0.2, 0) is 4.79 Å². The number of halogens is 4. The second kappa shape index (κ2) is 8.98. The Kier molecular flexibility index (Phi) is 6.61. The highest BCUT2D eigenvalue weighted by Crippen LogP contribution is 2.47. The lowest BCUT2D eigenvalue weighted by molar-refractivity contribution is -0.131. The number of benzene rings is 1. The third kappa shape index (κ3) is 4.07. The third-order valence-electron chi connectivity index (χ3n) is 5.79. The molecule has 1 aliphatic heterocycles. The smallest absolute Gasteiger partial charge is 0.355 e. The van der Waals surface area contributed by atoms with Gasteiger partial charge in [0.05, 0.1) is 23.0 Å². The van der Waals surface area contributed by atoms with Crippen LogP contribution in [0.4, 0.5) is 23.2 Å². The summed E-state index contributed by atoms with van der Waals surface area (Å²) in [5.74, 6) is -1.91. The molecule has 1 saturated heterocycles. The van der Waals surface area contributed by atoms with Gasteiger partial charge in [-0.2, -0.15) is 18.4 Å². The summed E-state index contributed by atoms with van der Waals surface area (Å²) in [4.78, 5) is 31.2. The fourth-order valence-corrected chi connectivity index (χ4v) is 4.22. The number of amides is 2. The van der Waals surface area contributed by atoms with Crippen molar-refractivity contribution >= 4 is 41.0 Å². The number of aliphatic imine (C=N–C) groups is 1. The van der Waals surface area contributed by atoms with E-state index in [2.05, 4.69) is 16.9 Å². The van der Waals surface area contributed by atoms with E-state index >= 15 is 0 Å². The van der Waals surface area contributed by atoms with Crippen LogP contribution in [-0.4, -0.2) is 46.8 Å². The molecule has 2 fully saturated rings. The van der Waals surface area contributed by atoms with Crippen LogP contribution >= 0.6 is 12.2 Å². The Balaban J connectivity index is 1.97. The van der Waals surface area contributed by atoms with Crippen molar-refractivity contribution in [2.45, 2.75) is 37.9 Å². The highest BCUT2D eigenvalue weighted by Gasteiger charge is 2.59. The number of hydrogen-bond acceptors (Lipinski definition) is 5. The predicted molar refractivity (Wildman–Crippen MR) is 120 cm³/mol. The molecule has 1 spiro atoms. The minimum absolute atomic E-state index is 0.0664. The monoisotopic (exact) mass is 493 g/mol. The Bertz CT molecular complexity index is 1190. The molecule has 3 rings (SSSR count). The van der Waals surface area contributed by atoms with Crippen LogP contribution < -0.4 is 10.2 Å². The van der Waals surface area contributed by atoms with Crippen LogP contribution in [0.5, 0.6) is 0 Å². The minimum atomic E-state index is -4.75. The van der Waals surface area contributed by atoms with Crippen LogP contribution in [0.1, 0.15) is 36.5 Å². The van der Waals surface area contributed by atoms with E-state index in [1.807, 2.05) is 0 Å². The quantitative estimate of drug-likeness (QED) is 0.290. The van der Waals surface area contributed by atoms with Gasteiger partial charge in [0.1, 0.15) is 23.1 Å². The molecule has 2 aliphatic rings. The van der Waals surface area contributed by atoms with Crippen molar-refractivity contribution in [2.24, 2.45) is 4.99 Å². The van der Waals surface area contributed by atoms with Gasteiger partial charge < -0.3 is 10.2 Å². The first-order valence-corrected chi connectivity index (χ1v) is 10.4. The molecule has 1 saturated carbocycles. The predicted octanol–water partition coefficient (Wildman–Crippen LogP) is 3.99. The molecule has 1 heterocycles. The number of carbonyl (C=O) groups excluding carboxylic acids is 2. The Hall–Kier alpha value is -3.59. The molecule has 0 unspecified atom stereocenters. The maximum atomic E-state index is 14.6. The number of nitrogens with one attached hydrogen (secondary N) is 1. The summed E-state index contributed by atoms with van der Waals surface area (Å²) in [7, 11) is 1.36. The Morgan fingerprint density at radius 1 is 1.38 bits per heavy atom. The zero-order chi connectivity index (χ0) is 25.4. The minimum Gasteiger partial charge on any atom is -0.355 e. The van der Waals surface area contributed by atoms with Gasteiger partial charge in [0.15, 0.2) is 5.11 Å². The van der Waals surface area contributed by atoms with Crippen LogP contribution in [0.3, 0.4) is 0 Å². The number of carbonyl (C=O) groups is 2. The topological polar surface area (TPSA) is 88.8 Å². The average Bonchev–Trinajstić information content (AvgIpc) is 2.99. The average molecular weight is 493 g/mol. The Morgan fingerprint density at radius 3 is 2.50 bits per heavy atom. The number of allylic oxidation sites excluding steroid dienone is 3. The van der Waals surface area contributed by atoms with Crippen molar-refractivity contribution in [1.82, 2.24) is 10.2 Å². The number of rotatable bonds is 5. The maximum Gasteiger partial charge on any atom is 0.415 e. The van der Waals surface area contributed by atoms with Gasteiger partial charge in [0, 0.05) is 12.7 Å². The van der Waals surface area contributed by atoms with Gasteiger partial charge in [0.2, 0.25) is 0 Å². The highest BCUT2D eigenvalue weighted by atomic mass is 32.1. The lowest BCUT2D eigenvalue weighted by Crippen LogP contribution is -2.55. The van der Waals surface area contributed by atoms with Crippen LogP contribution in [0.2, 0.25) is 0 Å². The number of thiocarbonyl (C=S) groups is 1. The summed E-state index contributed by atoms with van der Waals surface area (Å²) >= 11 is 5.47. The summed E-state index contributed by atoms with van der Waals surface area (Å²) in [6, 6.07) is 5.19. The van der Waals surface area contributed by atoms with E-state index in [-0.39, 0.29) is 22.1 Å². The highest BCUT2D eigenvalue weighted by molar-refractivity contribution is 7.80. The molecule has 1 aromatic carbocycles. The summed E-state index contributed by atoms with van der Waals surface area (Å²) in [5, 5.41) is 11.3. The van der Waals surface area contributed by atoms with Crippen molar-refractivity contribution in [3.63, 3.8) is 0 Å². The first kappa shape index (κ1) is 25.0. The lowest BCUT2D eigenvalue weighted by Gasteiger charge is -2.43. The van der Waals surface area contributed by atoms with Crippen LogP contribution in [0, 0.1) is 17.1 Å². The SMILES string of the molecule is C=C(/C=N\C(C#N)=C(/C)C(F)(F)F)N1C(=O)C2(CCC2)N(c2ccc(C(=O)NC)c(F)c2)C1=S. The van der Waals surface area contributed by atoms with E-state index < -0.39 is 40.6 Å². The van der Waals surface area contributed by atoms with Crippen molar-refractivity contribution < 1.29 is 27.2 Å². The van der Waals surface area contributed by atoms with Gasteiger partial charge in [-0.15, -0.1) is 0 Å². The Labute approximate surface area is 198 Å². The summed E-state index contributed by atoms with van der Waals surface area (Å²) in [6.07, 6.45) is -2.38. The van der Waals surface area contributed by atoms with Gasteiger partial charge in [-0.05, 0) is 56.6 Å². The van der Waals surface area contributed by atoms with E-state index in [0.717, 1.165) is 17.2 Å². The molecule has 1 aliphatic carbocycles. The van der Waals surface area contributed by atoms with Crippen molar-refractivity contribution in [1.29, 1.82) is 5.26 Å². The van der Waals surface area contributed by atoms with E-state index in [1.165, 1.54) is 30.1 Å².